The van der Waals surface area contributed by atoms with E-state index in [4.69, 9.17) is 27.9 Å². The van der Waals surface area contributed by atoms with E-state index in [2.05, 4.69) is 10.5 Å². The highest BCUT2D eigenvalue weighted by atomic mass is 35.5. The first-order chi connectivity index (χ1) is 8.29. The van der Waals surface area contributed by atoms with Gasteiger partial charge in [-0.3, -0.25) is 0 Å². The molecule has 0 atom stereocenters. The Kier molecular flexibility index (Phi) is 4.99. The molecule has 4 nitrogen and oxygen atoms in total. The zero-order valence-corrected chi connectivity index (χ0v) is 11.8. The zero-order chi connectivity index (χ0) is 13.8. The van der Waals surface area contributed by atoms with Crippen molar-refractivity contribution in [3.05, 3.63) is 33.8 Å². The van der Waals surface area contributed by atoms with Gasteiger partial charge in [-0.1, -0.05) is 35.3 Å². The number of halogens is 2. The van der Waals surface area contributed by atoms with E-state index >= 15 is 0 Å². The van der Waals surface area contributed by atoms with Gasteiger partial charge in [0.05, 0.1) is 16.3 Å². The average molecular weight is 289 g/mol. The molecule has 98 valence electrons. The smallest absolute Gasteiger partial charge is 0.428 e. The second-order valence-electron chi connectivity index (χ2n) is 4.51. The topological polar surface area (TPSA) is 50.7 Å². The molecule has 1 N–H and O–H groups in total. The van der Waals surface area contributed by atoms with Crippen LogP contribution in [0.3, 0.4) is 0 Å². The fraction of sp³-hybridized carbons (Fsp3) is 0.333. The summed E-state index contributed by atoms with van der Waals surface area (Å²) in [6, 6.07) is 5.14. The molecule has 0 radical (unpaired) electrons. The summed E-state index contributed by atoms with van der Waals surface area (Å²) in [6.07, 6.45) is 0.773. The molecule has 0 aliphatic carbocycles. The van der Waals surface area contributed by atoms with Crippen LogP contribution in [0.25, 0.3) is 0 Å². The number of nitrogens with zero attached hydrogens (tertiary/aromatic N) is 1. The van der Waals surface area contributed by atoms with Crippen LogP contribution in [0.4, 0.5) is 4.79 Å². The number of hydrogen-bond donors (Lipinski definition) is 1. The normalized spacial score (nSPS) is 11.6. The summed E-state index contributed by atoms with van der Waals surface area (Å²) in [5.41, 5.74) is 2.29. The molecule has 0 heterocycles. The number of hydrogen-bond acceptors (Lipinski definition) is 3. The van der Waals surface area contributed by atoms with Crippen LogP contribution in [0, 0.1) is 0 Å². The molecular formula is C12H14Cl2N2O2. The second-order valence-corrected chi connectivity index (χ2v) is 5.30. The third-order valence-corrected chi connectivity index (χ3v) is 2.57. The quantitative estimate of drug-likeness (QED) is 0.664. The SMILES string of the molecule is CC(C)(C)OC(=O)N/N=C/c1cccc(Cl)c1Cl. The summed E-state index contributed by atoms with van der Waals surface area (Å²) >= 11 is 11.8. The Hall–Kier alpha value is -1.26. The Morgan fingerprint density at radius 3 is 2.67 bits per heavy atom. The van der Waals surface area contributed by atoms with Crippen molar-refractivity contribution in [2.24, 2.45) is 5.10 Å². The van der Waals surface area contributed by atoms with Gasteiger partial charge >= 0.3 is 6.09 Å². The molecule has 1 rings (SSSR count). The van der Waals surface area contributed by atoms with Crippen molar-refractivity contribution in [2.45, 2.75) is 26.4 Å². The Balaban J connectivity index is 2.61. The molecule has 0 aromatic heterocycles. The number of ether oxygens (including phenoxy) is 1. The highest BCUT2D eigenvalue weighted by Crippen LogP contribution is 2.24. The van der Waals surface area contributed by atoms with E-state index in [1.165, 1.54) is 6.21 Å². The van der Waals surface area contributed by atoms with Crippen molar-refractivity contribution in [1.29, 1.82) is 0 Å². The van der Waals surface area contributed by atoms with Crippen molar-refractivity contribution < 1.29 is 9.53 Å². The van der Waals surface area contributed by atoms with Crippen LogP contribution in [0.1, 0.15) is 26.3 Å². The number of amides is 1. The van der Waals surface area contributed by atoms with E-state index in [1.807, 2.05) is 0 Å². The van der Waals surface area contributed by atoms with E-state index < -0.39 is 11.7 Å². The van der Waals surface area contributed by atoms with Crippen LogP contribution in [0.2, 0.25) is 10.0 Å². The number of nitrogens with one attached hydrogen (secondary N) is 1. The monoisotopic (exact) mass is 288 g/mol. The summed E-state index contributed by atoms with van der Waals surface area (Å²) in [6.45, 7) is 5.30. The van der Waals surface area contributed by atoms with Gasteiger partial charge in [0.1, 0.15) is 5.60 Å². The standard InChI is InChI=1S/C12H14Cl2N2O2/c1-12(2,3)18-11(17)16-15-7-8-5-4-6-9(13)10(8)14/h4-7H,1-3H3,(H,16,17)/b15-7+. The highest BCUT2D eigenvalue weighted by Gasteiger charge is 2.15. The third kappa shape index (κ3) is 4.94. The van der Waals surface area contributed by atoms with Gasteiger partial charge in [-0.05, 0) is 26.8 Å². The van der Waals surface area contributed by atoms with Crippen molar-refractivity contribution in [1.82, 2.24) is 5.43 Å². The fourth-order valence-corrected chi connectivity index (χ4v) is 1.43. The van der Waals surface area contributed by atoms with Crippen LogP contribution in [0.15, 0.2) is 23.3 Å². The van der Waals surface area contributed by atoms with Gasteiger partial charge in [-0.2, -0.15) is 5.10 Å². The maximum absolute atomic E-state index is 11.3. The number of rotatable bonds is 2. The molecule has 0 aliphatic heterocycles. The maximum atomic E-state index is 11.3. The molecule has 0 spiro atoms. The van der Waals surface area contributed by atoms with Crippen LogP contribution in [-0.4, -0.2) is 17.9 Å². The third-order valence-electron chi connectivity index (χ3n) is 1.74. The Bertz CT molecular complexity index is 468. The molecule has 1 aromatic carbocycles. The Morgan fingerprint density at radius 1 is 1.39 bits per heavy atom. The molecular weight excluding hydrogens is 275 g/mol. The first-order valence-electron chi connectivity index (χ1n) is 5.25. The molecule has 1 aromatic rings. The molecule has 1 amide bonds. The number of hydrazone groups is 1. The summed E-state index contributed by atoms with van der Waals surface area (Å²) in [5, 5.41) is 4.55. The minimum atomic E-state index is -0.628. The molecule has 0 aliphatic rings. The Labute approximate surface area is 116 Å². The predicted molar refractivity (Wildman–Crippen MR) is 73.4 cm³/mol. The summed E-state index contributed by atoms with van der Waals surface area (Å²) in [5.74, 6) is 0. The largest absolute Gasteiger partial charge is 0.443 e. The van der Waals surface area contributed by atoms with Crippen molar-refractivity contribution in [3.63, 3.8) is 0 Å². The van der Waals surface area contributed by atoms with Gasteiger partial charge in [0.15, 0.2) is 0 Å². The van der Waals surface area contributed by atoms with Crippen LogP contribution in [0.5, 0.6) is 0 Å². The summed E-state index contributed by atoms with van der Waals surface area (Å²) in [4.78, 5) is 11.3. The number of carbonyl (C=O) groups is 1. The molecule has 0 bridgehead atoms. The maximum Gasteiger partial charge on any atom is 0.428 e. The number of carbonyl (C=O) groups excluding carboxylic acids is 1. The molecule has 6 heteroatoms. The molecule has 0 fully saturated rings. The van der Waals surface area contributed by atoms with Crippen LogP contribution < -0.4 is 5.43 Å². The first-order valence-corrected chi connectivity index (χ1v) is 6.01. The van der Waals surface area contributed by atoms with E-state index in [9.17, 15) is 4.79 Å². The molecule has 0 saturated heterocycles. The van der Waals surface area contributed by atoms with Gasteiger partial charge < -0.3 is 4.74 Å². The second kappa shape index (κ2) is 6.07. The van der Waals surface area contributed by atoms with Gasteiger partial charge in [0, 0.05) is 5.56 Å². The molecule has 0 unspecified atom stereocenters. The van der Waals surface area contributed by atoms with E-state index in [-0.39, 0.29) is 0 Å². The Morgan fingerprint density at radius 2 is 2.06 bits per heavy atom. The highest BCUT2D eigenvalue weighted by molar-refractivity contribution is 6.43. The summed E-state index contributed by atoms with van der Waals surface area (Å²) in [7, 11) is 0. The lowest BCUT2D eigenvalue weighted by Gasteiger charge is -2.18. The van der Waals surface area contributed by atoms with E-state index in [0.29, 0.717) is 15.6 Å². The van der Waals surface area contributed by atoms with Crippen molar-refractivity contribution in [3.8, 4) is 0 Å². The lowest BCUT2D eigenvalue weighted by molar-refractivity contribution is 0.0529. The molecule has 18 heavy (non-hydrogen) atoms. The number of benzene rings is 1. The van der Waals surface area contributed by atoms with E-state index in [0.717, 1.165) is 0 Å². The average Bonchev–Trinajstić information content (AvgIpc) is 2.21. The lowest BCUT2D eigenvalue weighted by Crippen LogP contribution is -2.29. The van der Waals surface area contributed by atoms with Gasteiger partial charge in [0.2, 0.25) is 0 Å². The van der Waals surface area contributed by atoms with Crippen molar-refractivity contribution in [2.75, 3.05) is 0 Å². The van der Waals surface area contributed by atoms with E-state index in [1.54, 1.807) is 39.0 Å². The predicted octanol–water partition coefficient (Wildman–Crippen LogP) is 3.85. The minimum Gasteiger partial charge on any atom is -0.443 e. The molecule has 0 saturated carbocycles. The van der Waals surface area contributed by atoms with Crippen molar-refractivity contribution >= 4 is 35.5 Å². The minimum absolute atomic E-state index is 0.383. The van der Waals surface area contributed by atoms with Gasteiger partial charge in [-0.25, -0.2) is 10.2 Å². The van der Waals surface area contributed by atoms with Gasteiger partial charge in [0.25, 0.3) is 0 Å². The zero-order valence-electron chi connectivity index (χ0n) is 10.3. The van der Waals surface area contributed by atoms with Crippen LogP contribution in [-0.2, 0) is 4.74 Å². The first kappa shape index (κ1) is 14.8. The fourth-order valence-electron chi connectivity index (χ4n) is 1.08. The summed E-state index contributed by atoms with van der Waals surface area (Å²) < 4.78 is 5.01. The van der Waals surface area contributed by atoms with Gasteiger partial charge in [-0.15, -0.1) is 0 Å². The lowest BCUT2D eigenvalue weighted by atomic mass is 10.2. The van der Waals surface area contributed by atoms with Crippen LogP contribution >= 0.6 is 23.2 Å².